The Morgan fingerprint density at radius 2 is 1.89 bits per heavy atom. The highest BCUT2D eigenvalue weighted by molar-refractivity contribution is 5.93. The van der Waals surface area contributed by atoms with E-state index in [0.717, 1.165) is 62.2 Å². The van der Waals surface area contributed by atoms with E-state index in [0.29, 0.717) is 17.5 Å². The molecular formula is C26H30F2N4O3. The van der Waals surface area contributed by atoms with E-state index in [1.165, 1.54) is 11.8 Å². The fourth-order valence-electron chi connectivity index (χ4n) is 5.76. The van der Waals surface area contributed by atoms with Gasteiger partial charge in [0.2, 0.25) is 0 Å². The van der Waals surface area contributed by atoms with Gasteiger partial charge in [-0.1, -0.05) is 12.1 Å². The Labute approximate surface area is 203 Å². The van der Waals surface area contributed by atoms with Crippen LogP contribution < -0.4 is 5.32 Å². The van der Waals surface area contributed by atoms with Gasteiger partial charge in [-0.15, -0.1) is 0 Å². The molecule has 35 heavy (non-hydrogen) atoms. The normalized spacial score (nSPS) is 29.3. The summed E-state index contributed by atoms with van der Waals surface area (Å²) in [6, 6.07) is 8.45. The van der Waals surface area contributed by atoms with E-state index in [9.17, 15) is 18.4 Å². The summed E-state index contributed by atoms with van der Waals surface area (Å²) in [5.41, 5.74) is 1.48. The Bertz CT molecular complexity index is 1080. The molecule has 1 aromatic heterocycles. The van der Waals surface area contributed by atoms with Gasteiger partial charge in [0.25, 0.3) is 0 Å². The number of hydrogen-bond donors (Lipinski definition) is 1. The largest absolute Gasteiger partial charge is 0.443 e. The number of urea groups is 1. The molecule has 3 heterocycles. The average Bonchev–Trinajstić information content (AvgIpc) is 3.44. The third-order valence-corrected chi connectivity index (χ3v) is 7.58. The molecule has 1 saturated carbocycles. The zero-order chi connectivity index (χ0) is 24.5. The maximum atomic E-state index is 13.8. The zero-order valence-electron chi connectivity index (χ0n) is 19.7. The number of imide groups is 1. The summed E-state index contributed by atoms with van der Waals surface area (Å²) in [5.74, 6) is -1.51. The summed E-state index contributed by atoms with van der Waals surface area (Å²) in [5, 5.41) is 2.97. The molecule has 5 rings (SSSR count). The van der Waals surface area contributed by atoms with Gasteiger partial charge < -0.3 is 10.1 Å². The first-order valence-corrected chi connectivity index (χ1v) is 12.3. The zero-order valence-corrected chi connectivity index (χ0v) is 19.7. The number of likely N-dealkylation sites (tertiary alicyclic amines) is 1. The lowest BCUT2D eigenvalue weighted by atomic mass is 9.83. The molecule has 0 bridgehead atoms. The molecule has 7 nitrogen and oxygen atoms in total. The Morgan fingerprint density at radius 1 is 1.09 bits per heavy atom. The Hall–Kier alpha value is -3.07. The van der Waals surface area contributed by atoms with Crippen LogP contribution in [0.4, 0.5) is 18.4 Å². The minimum Gasteiger partial charge on any atom is -0.443 e. The molecule has 1 aliphatic carbocycles. The highest BCUT2D eigenvalue weighted by Gasteiger charge is 2.45. The van der Waals surface area contributed by atoms with E-state index in [-0.39, 0.29) is 6.04 Å². The van der Waals surface area contributed by atoms with Crippen LogP contribution in [0.15, 0.2) is 42.6 Å². The van der Waals surface area contributed by atoms with Crippen molar-refractivity contribution in [2.75, 3.05) is 13.1 Å². The number of rotatable bonds is 4. The van der Waals surface area contributed by atoms with E-state index in [4.69, 9.17) is 4.74 Å². The van der Waals surface area contributed by atoms with Crippen molar-refractivity contribution in [1.82, 2.24) is 20.1 Å². The molecule has 0 radical (unpaired) electrons. The molecule has 1 aromatic carbocycles. The van der Waals surface area contributed by atoms with Crippen molar-refractivity contribution in [1.29, 1.82) is 0 Å². The molecule has 2 aliphatic heterocycles. The number of ether oxygens (including phenoxy) is 1. The molecule has 1 N–H and O–H groups in total. The van der Waals surface area contributed by atoms with Gasteiger partial charge in [0.1, 0.15) is 12.1 Å². The predicted octanol–water partition coefficient (Wildman–Crippen LogP) is 4.75. The van der Waals surface area contributed by atoms with Crippen molar-refractivity contribution >= 4 is 12.1 Å². The van der Waals surface area contributed by atoms with Gasteiger partial charge in [0.15, 0.2) is 11.6 Å². The van der Waals surface area contributed by atoms with Crippen molar-refractivity contribution in [3.8, 4) is 0 Å². The quantitative estimate of drug-likeness (QED) is 0.678. The topological polar surface area (TPSA) is 74.8 Å². The molecule has 0 spiro atoms. The van der Waals surface area contributed by atoms with E-state index in [1.807, 2.05) is 18.3 Å². The van der Waals surface area contributed by atoms with Crippen LogP contribution in [0.3, 0.4) is 0 Å². The number of carbonyl (C=O) groups is 2. The van der Waals surface area contributed by atoms with Gasteiger partial charge in [0.05, 0.1) is 0 Å². The fourth-order valence-corrected chi connectivity index (χ4v) is 5.76. The second-order valence-electron chi connectivity index (χ2n) is 9.77. The summed E-state index contributed by atoms with van der Waals surface area (Å²) >= 11 is 0. The molecule has 3 atom stereocenters. The summed E-state index contributed by atoms with van der Waals surface area (Å²) < 4.78 is 32.5. The third kappa shape index (κ3) is 4.87. The number of cyclic esters (lactones) is 1. The minimum atomic E-state index is -1.03. The van der Waals surface area contributed by atoms with Gasteiger partial charge in [-0.25, -0.2) is 23.3 Å². The molecule has 3 amide bonds. The molecule has 3 aliphatic rings. The number of carbonyl (C=O) groups excluding carboxylic acids is 2. The monoisotopic (exact) mass is 484 g/mol. The lowest BCUT2D eigenvalue weighted by Crippen LogP contribution is -2.48. The first-order valence-electron chi connectivity index (χ1n) is 12.3. The van der Waals surface area contributed by atoms with E-state index in [2.05, 4.69) is 21.3 Å². The number of pyridine rings is 1. The molecular weight excluding hydrogens is 454 g/mol. The fraction of sp³-hybridized carbons (Fsp3) is 0.500. The van der Waals surface area contributed by atoms with Crippen LogP contribution in [0, 0.1) is 11.6 Å². The number of aromatic nitrogens is 1. The lowest BCUT2D eigenvalue weighted by Gasteiger charge is -2.34. The van der Waals surface area contributed by atoms with Crippen LogP contribution in [0.5, 0.6) is 0 Å². The summed E-state index contributed by atoms with van der Waals surface area (Å²) in [4.78, 5) is 33.5. The van der Waals surface area contributed by atoms with Crippen molar-refractivity contribution in [2.24, 2.45) is 0 Å². The Balaban J connectivity index is 1.18. The SMILES string of the molecule is C[C@@H]1OC(=O)N(C(=O)N[C@@H]2CCN(C3CCC(c4ccccn4)CC3)C2)C1c1ccc(F)c(F)c1. The van der Waals surface area contributed by atoms with Crippen molar-refractivity contribution < 1.29 is 23.1 Å². The Kier molecular flexibility index (Phi) is 6.69. The van der Waals surface area contributed by atoms with Crippen LogP contribution in [-0.2, 0) is 4.74 Å². The molecule has 1 unspecified atom stereocenters. The lowest BCUT2D eigenvalue weighted by molar-refractivity contribution is 0.137. The number of nitrogens with zero attached hydrogens (tertiary/aromatic N) is 3. The standard InChI is InChI=1S/C26H30F2N4O3/c1-16-24(18-7-10-21(27)22(28)14-18)32(26(34)35-16)25(33)30-19-11-13-31(15-19)20-8-5-17(6-9-20)23-4-2-3-12-29-23/h2-4,7,10,12,14,16-17,19-20,24H,5-6,8-9,11,13,15H2,1H3,(H,30,33)/t16-,17?,19+,20?,24?/m0/s1. The Morgan fingerprint density at radius 3 is 2.60 bits per heavy atom. The average molecular weight is 485 g/mol. The van der Waals surface area contributed by atoms with E-state index >= 15 is 0 Å². The van der Waals surface area contributed by atoms with Gasteiger partial charge in [-0.2, -0.15) is 0 Å². The predicted molar refractivity (Wildman–Crippen MR) is 125 cm³/mol. The van der Waals surface area contributed by atoms with Crippen LogP contribution in [0.25, 0.3) is 0 Å². The summed E-state index contributed by atoms with van der Waals surface area (Å²) in [7, 11) is 0. The number of nitrogens with one attached hydrogen (secondary N) is 1. The van der Waals surface area contributed by atoms with Gasteiger partial charge >= 0.3 is 12.1 Å². The second kappa shape index (κ2) is 9.89. The van der Waals surface area contributed by atoms with Crippen LogP contribution in [0.1, 0.15) is 62.2 Å². The first kappa shape index (κ1) is 23.7. The summed E-state index contributed by atoms with van der Waals surface area (Å²) in [6.07, 6.45) is 5.57. The van der Waals surface area contributed by atoms with Crippen LogP contribution in [-0.4, -0.2) is 58.2 Å². The molecule has 2 aromatic rings. The van der Waals surface area contributed by atoms with Crippen LogP contribution >= 0.6 is 0 Å². The smallest absolute Gasteiger partial charge is 0.419 e. The molecule has 3 fully saturated rings. The van der Waals surface area contributed by atoms with E-state index in [1.54, 1.807) is 6.92 Å². The van der Waals surface area contributed by atoms with Crippen molar-refractivity contribution in [3.63, 3.8) is 0 Å². The van der Waals surface area contributed by atoms with Gasteiger partial charge in [0, 0.05) is 43.0 Å². The first-order chi connectivity index (χ1) is 16.9. The maximum absolute atomic E-state index is 13.8. The minimum absolute atomic E-state index is 0.0923. The summed E-state index contributed by atoms with van der Waals surface area (Å²) in [6.45, 7) is 3.24. The highest BCUT2D eigenvalue weighted by Crippen LogP contribution is 2.36. The number of hydrogen-bond acceptors (Lipinski definition) is 5. The van der Waals surface area contributed by atoms with Gasteiger partial charge in [-0.05, 0) is 68.9 Å². The number of amides is 3. The number of benzene rings is 1. The maximum Gasteiger partial charge on any atom is 0.419 e. The molecule has 9 heteroatoms. The van der Waals surface area contributed by atoms with Gasteiger partial charge in [-0.3, -0.25) is 9.88 Å². The molecule has 2 saturated heterocycles. The van der Waals surface area contributed by atoms with E-state index < -0.39 is 35.9 Å². The highest BCUT2D eigenvalue weighted by atomic mass is 19.2. The van der Waals surface area contributed by atoms with Crippen molar-refractivity contribution in [2.45, 2.75) is 69.2 Å². The molecule has 186 valence electrons. The van der Waals surface area contributed by atoms with Crippen LogP contribution in [0.2, 0.25) is 0 Å². The second-order valence-corrected chi connectivity index (χ2v) is 9.77. The number of halogens is 2. The van der Waals surface area contributed by atoms with Crippen molar-refractivity contribution in [3.05, 3.63) is 65.5 Å². The third-order valence-electron chi connectivity index (χ3n) is 7.58.